The molecule has 7 aromatic carbocycles. The van der Waals surface area contributed by atoms with Gasteiger partial charge in [-0.25, -0.2) is 0 Å². The Bertz CT molecular complexity index is 3500. The van der Waals surface area contributed by atoms with Gasteiger partial charge in [0, 0.05) is 71.0 Å². The van der Waals surface area contributed by atoms with Crippen molar-refractivity contribution in [2.75, 3.05) is 14.6 Å². The first-order chi connectivity index (χ1) is 33.3. The van der Waals surface area contributed by atoms with Crippen molar-refractivity contribution in [3.63, 3.8) is 0 Å². The van der Waals surface area contributed by atoms with Crippen LogP contribution in [0.3, 0.4) is 0 Å². The number of aryl methyl sites for hydroxylation is 3. The molecule has 1 fully saturated rings. The molecule has 0 saturated heterocycles. The van der Waals surface area contributed by atoms with Crippen LogP contribution in [0.25, 0.3) is 31.3 Å². The van der Waals surface area contributed by atoms with Crippen molar-refractivity contribution in [2.45, 2.75) is 149 Å². The first-order valence-corrected chi connectivity index (χ1v) is 27.1. The molecule has 1 aromatic heterocycles. The van der Waals surface area contributed by atoms with Crippen molar-refractivity contribution in [2.24, 2.45) is 0 Å². The number of benzene rings is 7. The van der Waals surface area contributed by atoms with Crippen LogP contribution in [-0.4, -0.2) is 12.4 Å². The molecule has 0 amide bonds. The third kappa shape index (κ3) is 5.94. The van der Waals surface area contributed by atoms with Crippen LogP contribution in [0.15, 0.2) is 121 Å². The number of thiophene rings is 1. The average Bonchev–Trinajstić information content (AvgIpc) is 3.79. The van der Waals surface area contributed by atoms with E-state index < -0.39 is 0 Å². The van der Waals surface area contributed by atoms with Gasteiger partial charge in [0.2, 0.25) is 0 Å². The summed E-state index contributed by atoms with van der Waals surface area (Å²) in [6.07, 6.45) is 7.22. The molecule has 0 bridgehead atoms. The average molecular weight is 934 g/mol. The molecule has 2 unspecified atom stereocenters. The zero-order chi connectivity index (χ0) is 48.6. The number of fused-ring (bicyclic) bond motifs is 11. The second kappa shape index (κ2) is 14.7. The molecule has 3 nitrogen and oxygen atoms in total. The second-order valence-electron chi connectivity index (χ2n) is 24.9. The van der Waals surface area contributed by atoms with Gasteiger partial charge < -0.3 is 14.6 Å². The fraction of sp³-hybridized carbons (Fsp3) is 0.354. The molecule has 352 valence electrons. The Morgan fingerprint density at radius 3 is 1.89 bits per heavy atom. The van der Waals surface area contributed by atoms with Gasteiger partial charge in [0.15, 0.2) is 0 Å². The fourth-order valence-electron chi connectivity index (χ4n) is 14.3. The van der Waals surface area contributed by atoms with E-state index in [0.29, 0.717) is 0 Å². The van der Waals surface area contributed by atoms with E-state index in [2.05, 4.69) is 219 Å². The van der Waals surface area contributed by atoms with E-state index in [-0.39, 0.29) is 34.0 Å². The van der Waals surface area contributed by atoms with Gasteiger partial charge >= 0.3 is 6.85 Å². The van der Waals surface area contributed by atoms with Gasteiger partial charge in [0.1, 0.15) is 0 Å². The van der Waals surface area contributed by atoms with Crippen molar-refractivity contribution >= 4 is 89.1 Å². The Morgan fingerprint density at radius 1 is 0.557 bits per heavy atom. The van der Waals surface area contributed by atoms with Crippen LogP contribution in [0.2, 0.25) is 0 Å². The molecule has 0 spiro atoms. The van der Waals surface area contributed by atoms with E-state index >= 15 is 0 Å². The summed E-state index contributed by atoms with van der Waals surface area (Å²) >= 11 is 1.94. The molecule has 4 heterocycles. The number of rotatable bonds is 4. The maximum Gasteiger partial charge on any atom is 0.333 e. The second-order valence-corrected chi connectivity index (χ2v) is 26.0. The lowest BCUT2D eigenvalue weighted by molar-refractivity contribution is 0.195. The Hall–Kier alpha value is -5.78. The number of hydrogen-bond donors (Lipinski definition) is 0. The third-order valence-electron chi connectivity index (χ3n) is 18.8. The zero-order valence-electron chi connectivity index (χ0n) is 43.6. The molecule has 1 saturated carbocycles. The highest BCUT2D eigenvalue weighted by atomic mass is 32.1. The summed E-state index contributed by atoms with van der Waals surface area (Å²) < 4.78 is 2.69. The maximum absolute atomic E-state index is 2.93. The van der Waals surface area contributed by atoms with Gasteiger partial charge in [-0.1, -0.05) is 141 Å². The summed E-state index contributed by atoms with van der Waals surface area (Å²) in [6.45, 7) is 29.4. The summed E-state index contributed by atoms with van der Waals surface area (Å²) in [5.41, 5.74) is 24.6. The minimum atomic E-state index is -0.121. The first kappa shape index (κ1) is 44.2. The quantitative estimate of drug-likeness (QED) is 0.163. The molecule has 0 radical (unpaired) electrons. The van der Waals surface area contributed by atoms with Crippen LogP contribution in [0.1, 0.15) is 140 Å². The number of para-hydroxylation sites is 2. The van der Waals surface area contributed by atoms with E-state index in [1.165, 1.54) is 148 Å². The highest BCUT2D eigenvalue weighted by Crippen LogP contribution is 2.64. The fourth-order valence-corrected chi connectivity index (χ4v) is 15.5. The molecule has 3 aliphatic heterocycles. The standard InChI is InChI=1S/C65H68BN3S/c1-39-21-13-16-24-52(39)67(53-25-17-14-22-40(53)2)43-34-47-45-37-58-46(44-23-15-18-26-57(44)70-58)36-55(45)69(54-38-49-48(31-41(54)3)62(7,8)29-30-63(49,9)10)66-51-33-42(61(4,5)6)32-50-60(51)68(56(35-43)59(47)66)65(12)28-20-19-27-64(50,65)11/h13-18,21-26,31-38H,19-20,27-30H2,1-12H3. The normalized spacial score (nSPS) is 21.3. The van der Waals surface area contributed by atoms with Crippen molar-refractivity contribution < 1.29 is 0 Å². The predicted molar refractivity (Wildman–Crippen MR) is 304 cm³/mol. The van der Waals surface area contributed by atoms with Crippen molar-refractivity contribution in [3.8, 4) is 11.1 Å². The molecule has 5 aliphatic rings. The number of anilines is 7. The monoisotopic (exact) mass is 934 g/mol. The largest absolute Gasteiger partial charge is 0.376 e. The SMILES string of the molecule is Cc1cc2c(cc1N1B3c4cc(C(C)(C)C)cc5c4N(c4cc(N(c6ccccc6C)c6ccccc6C)cc(c43)-c3cc4sc6ccccc6c4cc31)C1(C)CCCCC51C)C(C)(C)CCC2(C)C. The van der Waals surface area contributed by atoms with Gasteiger partial charge in [-0.2, -0.15) is 0 Å². The molecule has 70 heavy (non-hydrogen) atoms. The zero-order valence-corrected chi connectivity index (χ0v) is 44.4. The minimum absolute atomic E-state index is 0.0325. The van der Waals surface area contributed by atoms with Crippen LogP contribution < -0.4 is 25.5 Å². The Morgan fingerprint density at radius 2 is 1.20 bits per heavy atom. The molecule has 8 aromatic rings. The van der Waals surface area contributed by atoms with E-state index in [4.69, 9.17) is 0 Å². The lowest BCUT2D eigenvalue weighted by Gasteiger charge is -2.53. The predicted octanol–water partition coefficient (Wildman–Crippen LogP) is 17.1. The van der Waals surface area contributed by atoms with E-state index in [0.717, 1.165) is 6.42 Å². The molecule has 5 heteroatoms. The summed E-state index contributed by atoms with van der Waals surface area (Å²) in [5.74, 6) is 0. The van der Waals surface area contributed by atoms with Crippen molar-refractivity contribution in [3.05, 3.63) is 160 Å². The smallest absolute Gasteiger partial charge is 0.333 e. The lowest BCUT2D eigenvalue weighted by atomic mass is 9.43. The van der Waals surface area contributed by atoms with Crippen LogP contribution in [-0.2, 0) is 21.7 Å². The van der Waals surface area contributed by atoms with Gasteiger partial charge in [-0.15, -0.1) is 11.3 Å². The molecule has 2 aliphatic carbocycles. The Kier molecular flexibility index (Phi) is 9.25. The van der Waals surface area contributed by atoms with E-state index in [1.54, 1.807) is 5.56 Å². The van der Waals surface area contributed by atoms with Crippen LogP contribution >= 0.6 is 11.3 Å². The van der Waals surface area contributed by atoms with Gasteiger partial charge in [0.05, 0.1) is 5.54 Å². The molecular formula is C65H68BN3S. The van der Waals surface area contributed by atoms with Gasteiger partial charge in [-0.05, 0) is 174 Å². The first-order valence-electron chi connectivity index (χ1n) is 26.3. The molecule has 0 N–H and O–H groups in total. The Balaban J connectivity index is 1.22. The highest BCUT2D eigenvalue weighted by molar-refractivity contribution is 7.25. The minimum Gasteiger partial charge on any atom is -0.376 e. The summed E-state index contributed by atoms with van der Waals surface area (Å²) in [4.78, 5) is 8.38. The number of hydrogen-bond acceptors (Lipinski definition) is 4. The topological polar surface area (TPSA) is 9.72 Å². The van der Waals surface area contributed by atoms with Crippen molar-refractivity contribution in [1.29, 1.82) is 0 Å². The van der Waals surface area contributed by atoms with E-state index in [1.807, 2.05) is 11.3 Å². The van der Waals surface area contributed by atoms with Gasteiger partial charge in [-0.3, -0.25) is 0 Å². The van der Waals surface area contributed by atoms with Crippen molar-refractivity contribution in [1.82, 2.24) is 0 Å². The maximum atomic E-state index is 2.93. The lowest BCUT2D eigenvalue weighted by Crippen LogP contribution is -2.65. The molecule has 2 atom stereocenters. The third-order valence-corrected chi connectivity index (χ3v) is 19.9. The van der Waals surface area contributed by atoms with E-state index in [9.17, 15) is 0 Å². The van der Waals surface area contributed by atoms with Crippen LogP contribution in [0.5, 0.6) is 0 Å². The Labute approximate surface area is 421 Å². The number of nitrogens with zero attached hydrogens (tertiary/aromatic N) is 3. The summed E-state index contributed by atoms with van der Waals surface area (Å²) in [7, 11) is 0. The highest BCUT2D eigenvalue weighted by Gasteiger charge is 2.62. The molecular weight excluding hydrogens is 866 g/mol. The van der Waals surface area contributed by atoms with Crippen LogP contribution in [0, 0.1) is 20.8 Å². The summed E-state index contributed by atoms with van der Waals surface area (Å²) in [6, 6.07) is 48.1. The summed E-state index contributed by atoms with van der Waals surface area (Å²) in [5, 5.41) is 2.69. The molecule has 13 rings (SSSR count). The van der Waals surface area contributed by atoms with Crippen LogP contribution in [0.4, 0.5) is 39.8 Å². The van der Waals surface area contributed by atoms with Gasteiger partial charge in [0.25, 0.3) is 0 Å².